The number of hydrogen-bond acceptors (Lipinski definition) is 8. The molecule has 200 valence electrons. The van der Waals surface area contributed by atoms with Gasteiger partial charge in [0, 0.05) is 31.5 Å². The average molecular weight is 550 g/mol. The van der Waals surface area contributed by atoms with E-state index in [0.29, 0.717) is 6.54 Å². The number of sulfonamides is 2. The van der Waals surface area contributed by atoms with Crippen molar-refractivity contribution in [3.05, 3.63) is 42.6 Å². The van der Waals surface area contributed by atoms with Crippen molar-refractivity contribution >= 4 is 37.6 Å². The van der Waals surface area contributed by atoms with Gasteiger partial charge in [0.25, 0.3) is 0 Å². The van der Waals surface area contributed by atoms with Gasteiger partial charge in [-0.3, -0.25) is 5.32 Å². The van der Waals surface area contributed by atoms with Crippen molar-refractivity contribution in [3.8, 4) is 11.8 Å². The maximum atomic E-state index is 13.3. The zero-order chi connectivity index (χ0) is 27.4. The SMILES string of the molecule is CC#C[C@H]1CN(S(=O)(=O)c2ccc(NC(=O)OC(C)(C)C)nc2)CCN1c1ccc(S(=O)(=O)NC)cc1. The number of piperazine rings is 1. The van der Waals surface area contributed by atoms with E-state index in [2.05, 4.69) is 26.9 Å². The molecular formula is C24H31N5O6S2. The number of nitrogens with zero attached hydrogens (tertiary/aromatic N) is 3. The van der Waals surface area contributed by atoms with Gasteiger partial charge in [0.05, 0.1) is 4.90 Å². The highest BCUT2D eigenvalue weighted by Gasteiger charge is 2.34. The zero-order valence-electron chi connectivity index (χ0n) is 21.3. The van der Waals surface area contributed by atoms with Crippen LogP contribution in [0.1, 0.15) is 27.7 Å². The third-order valence-electron chi connectivity index (χ3n) is 5.40. The fourth-order valence-corrected chi connectivity index (χ4v) is 5.79. The van der Waals surface area contributed by atoms with Crippen LogP contribution >= 0.6 is 0 Å². The van der Waals surface area contributed by atoms with Gasteiger partial charge in [-0.05, 0) is 71.1 Å². The Morgan fingerprint density at radius 3 is 2.24 bits per heavy atom. The Morgan fingerprint density at radius 1 is 1.05 bits per heavy atom. The predicted molar refractivity (Wildman–Crippen MR) is 140 cm³/mol. The summed E-state index contributed by atoms with van der Waals surface area (Å²) in [5.41, 5.74) is 0.0546. The molecule has 37 heavy (non-hydrogen) atoms. The first-order chi connectivity index (χ1) is 17.3. The lowest BCUT2D eigenvalue weighted by Gasteiger charge is -2.39. The molecule has 1 saturated heterocycles. The van der Waals surface area contributed by atoms with E-state index in [-0.39, 0.29) is 28.7 Å². The van der Waals surface area contributed by atoms with Crippen molar-refractivity contribution < 1.29 is 26.4 Å². The Bertz CT molecular complexity index is 1390. The van der Waals surface area contributed by atoms with Crippen LogP contribution in [0, 0.1) is 11.8 Å². The predicted octanol–water partition coefficient (Wildman–Crippen LogP) is 2.24. The lowest BCUT2D eigenvalue weighted by Crippen LogP contribution is -2.54. The minimum atomic E-state index is -3.88. The van der Waals surface area contributed by atoms with Crippen molar-refractivity contribution in [2.24, 2.45) is 0 Å². The number of hydrogen-bond donors (Lipinski definition) is 2. The first-order valence-corrected chi connectivity index (χ1v) is 14.4. The Morgan fingerprint density at radius 2 is 1.70 bits per heavy atom. The van der Waals surface area contributed by atoms with Crippen molar-refractivity contribution in [2.45, 2.75) is 49.1 Å². The van der Waals surface area contributed by atoms with Crippen LogP contribution in [0.3, 0.4) is 0 Å². The van der Waals surface area contributed by atoms with E-state index in [1.165, 1.54) is 41.8 Å². The molecule has 0 radical (unpaired) electrons. The van der Waals surface area contributed by atoms with Gasteiger partial charge in [0.15, 0.2) is 0 Å². The zero-order valence-corrected chi connectivity index (χ0v) is 23.0. The van der Waals surface area contributed by atoms with Gasteiger partial charge in [-0.25, -0.2) is 31.3 Å². The number of amides is 1. The number of aromatic nitrogens is 1. The molecule has 1 aromatic heterocycles. The number of nitrogens with one attached hydrogen (secondary N) is 2. The molecular weight excluding hydrogens is 518 g/mol. The number of benzene rings is 1. The fraction of sp³-hybridized carbons (Fsp3) is 0.417. The molecule has 1 amide bonds. The largest absolute Gasteiger partial charge is 0.444 e. The normalized spacial score (nSPS) is 17.0. The van der Waals surface area contributed by atoms with Crippen LogP contribution in [-0.4, -0.2) is 70.5 Å². The van der Waals surface area contributed by atoms with Gasteiger partial charge in [-0.2, -0.15) is 4.31 Å². The van der Waals surface area contributed by atoms with Crippen LogP contribution in [0.2, 0.25) is 0 Å². The molecule has 2 aromatic rings. The van der Waals surface area contributed by atoms with Crippen molar-refractivity contribution in [2.75, 3.05) is 36.9 Å². The first kappa shape index (κ1) is 28.4. The Balaban J connectivity index is 1.75. The molecule has 0 saturated carbocycles. The van der Waals surface area contributed by atoms with Crippen LogP contribution in [0.5, 0.6) is 0 Å². The van der Waals surface area contributed by atoms with Crippen LogP contribution < -0.4 is 14.9 Å². The molecule has 11 nitrogen and oxygen atoms in total. The summed E-state index contributed by atoms with van der Waals surface area (Å²) in [6.07, 6.45) is 0.500. The summed E-state index contributed by atoms with van der Waals surface area (Å²) >= 11 is 0. The van der Waals surface area contributed by atoms with Gasteiger partial charge < -0.3 is 9.64 Å². The third-order valence-corrected chi connectivity index (χ3v) is 8.68. The van der Waals surface area contributed by atoms with Gasteiger partial charge in [-0.15, -0.1) is 5.92 Å². The van der Waals surface area contributed by atoms with Gasteiger partial charge in [0.2, 0.25) is 20.0 Å². The Hall–Kier alpha value is -3.18. The molecule has 3 rings (SSSR count). The second-order valence-corrected chi connectivity index (χ2v) is 13.0. The van der Waals surface area contributed by atoms with Crippen LogP contribution in [0.15, 0.2) is 52.4 Å². The second kappa shape index (κ2) is 11.1. The smallest absolute Gasteiger partial charge is 0.413 e. The molecule has 1 aromatic carbocycles. The topological polar surface area (TPSA) is 138 Å². The highest BCUT2D eigenvalue weighted by molar-refractivity contribution is 7.89. The number of rotatable bonds is 6. The fourth-order valence-electron chi connectivity index (χ4n) is 3.67. The Labute approximate surface area is 218 Å². The minimum absolute atomic E-state index is 0.0134. The minimum Gasteiger partial charge on any atom is -0.444 e. The van der Waals surface area contributed by atoms with Crippen LogP contribution in [0.4, 0.5) is 16.3 Å². The van der Waals surface area contributed by atoms with Crippen molar-refractivity contribution in [1.29, 1.82) is 0 Å². The number of carbonyl (C=O) groups is 1. The van der Waals surface area contributed by atoms with Crippen LogP contribution in [-0.2, 0) is 24.8 Å². The van der Waals surface area contributed by atoms with E-state index in [9.17, 15) is 21.6 Å². The molecule has 1 aliphatic rings. The summed E-state index contributed by atoms with van der Waals surface area (Å²) in [7, 11) is -6.10. The third kappa shape index (κ3) is 6.98. The van der Waals surface area contributed by atoms with Crippen molar-refractivity contribution in [1.82, 2.24) is 14.0 Å². The van der Waals surface area contributed by atoms with Crippen molar-refractivity contribution in [3.63, 3.8) is 0 Å². The van der Waals surface area contributed by atoms with Gasteiger partial charge in [0.1, 0.15) is 22.4 Å². The molecule has 0 spiro atoms. The lowest BCUT2D eigenvalue weighted by atomic mass is 10.1. The molecule has 1 aliphatic heterocycles. The summed E-state index contributed by atoms with van der Waals surface area (Å²) in [6.45, 7) is 7.52. The standard InChI is InChI=1S/C24H31N5O6S2/c1-6-7-19-17-28(14-15-29(19)18-8-10-20(11-9-18)36(31,32)25-5)37(33,34)21-12-13-22(26-16-21)27-23(30)35-24(2,3)4/h8-13,16,19,25H,14-15,17H2,1-5H3,(H,26,27,30)/t19-/m0/s1. The number of ether oxygens (including phenoxy) is 1. The van der Waals surface area contributed by atoms with E-state index >= 15 is 0 Å². The molecule has 0 unspecified atom stereocenters. The monoisotopic (exact) mass is 549 g/mol. The van der Waals surface area contributed by atoms with E-state index in [0.717, 1.165) is 5.69 Å². The summed E-state index contributed by atoms with van der Waals surface area (Å²) in [6, 6.07) is 8.69. The second-order valence-electron chi connectivity index (χ2n) is 9.17. The quantitative estimate of drug-likeness (QED) is 0.524. The Kier molecular flexibility index (Phi) is 8.49. The molecule has 1 atom stereocenters. The summed E-state index contributed by atoms with van der Waals surface area (Å²) < 4.78 is 59.5. The highest BCUT2D eigenvalue weighted by atomic mass is 32.2. The maximum Gasteiger partial charge on any atom is 0.413 e. The molecule has 2 N–H and O–H groups in total. The van der Waals surface area contributed by atoms with Gasteiger partial charge >= 0.3 is 6.09 Å². The van der Waals surface area contributed by atoms with E-state index in [1.54, 1.807) is 39.8 Å². The summed E-state index contributed by atoms with van der Waals surface area (Å²) in [5, 5.41) is 2.47. The number of pyridine rings is 1. The average Bonchev–Trinajstić information content (AvgIpc) is 2.83. The maximum absolute atomic E-state index is 13.3. The molecule has 2 heterocycles. The first-order valence-electron chi connectivity index (χ1n) is 11.5. The molecule has 13 heteroatoms. The number of anilines is 2. The summed E-state index contributed by atoms with van der Waals surface area (Å²) in [5.74, 6) is 6.07. The number of carbonyl (C=O) groups excluding carboxylic acids is 1. The molecule has 0 bridgehead atoms. The summed E-state index contributed by atoms with van der Waals surface area (Å²) in [4.78, 5) is 18.1. The van der Waals surface area contributed by atoms with Crippen LogP contribution in [0.25, 0.3) is 0 Å². The highest BCUT2D eigenvalue weighted by Crippen LogP contribution is 2.26. The van der Waals surface area contributed by atoms with E-state index in [4.69, 9.17) is 4.74 Å². The van der Waals surface area contributed by atoms with E-state index < -0.39 is 37.8 Å². The van der Waals surface area contributed by atoms with Gasteiger partial charge in [-0.1, -0.05) is 5.92 Å². The molecule has 1 fully saturated rings. The molecule has 0 aliphatic carbocycles. The lowest BCUT2D eigenvalue weighted by molar-refractivity contribution is 0.0635. The van der Waals surface area contributed by atoms with E-state index in [1.807, 2.05) is 4.90 Å².